The Bertz CT molecular complexity index is 288. The summed E-state index contributed by atoms with van der Waals surface area (Å²) in [6.07, 6.45) is 0.623. The molecule has 0 aromatic carbocycles. The highest BCUT2D eigenvalue weighted by Crippen LogP contribution is 2.21. The molecule has 0 aliphatic carbocycles. The van der Waals surface area contributed by atoms with Gasteiger partial charge in [0.25, 0.3) is 0 Å². The van der Waals surface area contributed by atoms with E-state index in [1.54, 1.807) is 11.3 Å². The van der Waals surface area contributed by atoms with Gasteiger partial charge in [0, 0.05) is 11.4 Å². The van der Waals surface area contributed by atoms with Crippen LogP contribution >= 0.6 is 22.9 Å². The fourth-order valence-electron chi connectivity index (χ4n) is 1.55. The van der Waals surface area contributed by atoms with Crippen molar-refractivity contribution in [3.63, 3.8) is 0 Å². The molecule has 2 atom stereocenters. The molecule has 1 heterocycles. The molecule has 1 aromatic heterocycles. The highest BCUT2D eigenvalue weighted by molar-refractivity contribution is 7.10. The Hall–Kier alpha value is -0.0900. The third kappa shape index (κ3) is 4.98. The molecule has 0 fully saturated rings. The van der Waals surface area contributed by atoms with Crippen LogP contribution < -0.4 is 5.32 Å². The van der Waals surface area contributed by atoms with Crippen molar-refractivity contribution >= 4 is 22.9 Å². The Balaban J connectivity index is 2.19. The summed E-state index contributed by atoms with van der Waals surface area (Å²) < 4.78 is 0. The number of aliphatic hydroxyl groups excluding tert-OH is 1. The first-order valence-electron chi connectivity index (χ1n) is 5.20. The minimum atomic E-state index is -0.216. The Morgan fingerprint density at radius 2 is 2.27 bits per heavy atom. The largest absolute Gasteiger partial charge is 0.393 e. The standard InChI is InChI=1S/C11H18ClNOS/c1-8(5-9(2)14)6-13-7-11-10(12)3-4-15-11/h3-4,8-9,13-14H,5-7H2,1-2H3/t8-,9+/m1/s1. The van der Waals surface area contributed by atoms with Gasteiger partial charge in [-0.3, -0.25) is 0 Å². The minimum absolute atomic E-state index is 0.216. The molecular formula is C11H18ClNOS. The maximum Gasteiger partial charge on any atom is 0.0558 e. The van der Waals surface area contributed by atoms with E-state index in [4.69, 9.17) is 11.6 Å². The van der Waals surface area contributed by atoms with Crippen molar-refractivity contribution in [1.82, 2.24) is 5.32 Å². The number of rotatable bonds is 6. The van der Waals surface area contributed by atoms with Crippen molar-refractivity contribution in [3.05, 3.63) is 21.3 Å². The van der Waals surface area contributed by atoms with Crippen molar-refractivity contribution in [2.45, 2.75) is 32.9 Å². The normalized spacial score (nSPS) is 15.2. The minimum Gasteiger partial charge on any atom is -0.393 e. The van der Waals surface area contributed by atoms with Crippen molar-refractivity contribution in [1.29, 1.82) is 0 Å². The van der Waals surface area contributed by atoms with Gasteiger partial charge in [-0.05, 0) is 37.3 Å². The van der Waals surface area contributed by atoms with Crippen LogP contribution in [0.5, 0.6) is 0 Å². The van der Waals surface area contributed by atoms with Crippen LogP contribution in [0.2, 0.25) is 5.02 Å². The molecule has 15 heavy (non-hydrogen) atoms. The van der Waals surface area contributed by atoms with Gasteiger partial charge in [-0.2, -0.15) is 0 Å². The molecule has 0 radical (unpaired) electrons. The molecule has 2 N–H and O–H groups in total. The van der Waals surface area contributed by atoms with Crippen molar-refractivity contribution in [2.24, 2.45) is 5.92 Å². The van der Waals surface area contributed by atoms with Crippen LogP contribution in [0.4, 0.5) is 0 Å². The molecule has 1 rings (SSSR count). The van der Waals surface area contributed by atoms with E-state index in [0.717, 1.165) is 24.5 Å². The van der Waals surface area contributed by atoms with Crippen molar-refractivity contribution < 1.29 is 5.11 Å². The average Bonchev–Trinajstić information content (AvgIpc) is 2.50. The van der Waals surface area contributed by atoms with E-state index in [2.05, 4.69) is 12.2 Å². The number of hydrogen-bond acceptors (Lipinski definition) is 3. The molecule has 0 spiro atoms. The molecule has 0 amide bonds. The summed E-state index contributed by atoms with van der Waals surface area (Å²) in [4.78, 5) is 1.18. The lowest BCUT2D eigenvalue weighted by Gasteiger charge is -2.13. The molecular weight excluding hydrogens is 230 g/mol. The molecule has 4 heteroatoms. The van der Waals surface area contributed by atoms with E-state index in [1.165, 1.54) is 4.88 Å². The zero-order valence-corrected chi connectivity index (χ0v) is 10.7. The summed E-state index contributed by atoms with van der Waals surface area (Å²) in [6.45, 7) is 5.70. The molecule has 1 aromatic rings. The summed E-state index contributed by atoms with van der Waals surface area (Å²) in [5, 5.41) is 15.4. The highest BCUT2D eigenvalue weighted by Gasteiger charge is 2.06. The summed E-state index contributed by atoms with van der Waals surface area (Å²) in [5.41, 5.74) is 0. The summed E-state index contributed by atoms with van der Waals surface area (Å²) >= 11 is 7.64. The third-order valence-electron chi connectivity index (χ3n) is 2.21. The smallest absolute Gasteiger partial charge is 0.0558 e. The zero-order chi connectivity index (χ0) is 11.3. The average molecular weight is 248 g/mol. The molecule has 2 nitrogen and oxygen atoms in total. The zero-order valence-electron chi connectivity index (χ0n) is 9.16. The summed E-state index contributed by atoms with van der Waals surface area (Å²) in [6, 6.07) is 1.92. The van der Waals surface area contributed by atoms with Gasteiger partial charge in [0.15, 0.2) is 0 Å². The number of hydrogen-bond donors (Lipinski definition) is 2. The van der Waals surface area contributed by atoms with Crippen LogP contribution in [0, 0.1) is 5.92 Å². The van der Waals surface area contributed by atoms with Crippen molar-refractivity contribution in [2.75, 3.05) is 6.54 Å². The predicted molar refractivity (Wildman–Crippen MR) is 66.5 cm³/mol. The van der Waals surface area contributed by atoms with E-state index in [-0.39, 0.29) is 6.10 Å². The van der Waals surface area contributed by atoms with Gasteiger partial charge in [-0.25, -0.2) is 0 Å². The molecule has 0 saturated carbocycles. The molecule has 0 unspecified atom stereocenters. The maximum atomic E-state index is 9.20. The second-order valence-electron chi connectivity index (χ2n) is 4.01. The Labute approximate surface area is 100 Å². The van der Waals surface area contributed by atoms with Crippen LogP contribution in [-0.2, 0) is 6.54 Å². The molecule has 0 saturated heterocycles. The highest BCUT2D eigenvalue weighted by atomic mass is 35.5. The first kappa shape index (κ1) is 13.0. The van der Waals surface area contributed by atoms with Crippen LogP contribution in [-0.4, -0.2) is 17.8 Å². The number of nitrogens with one attached hydrogen (secondary N) is 1. The number of halogens is 1. The first-order chi connectivity index (χ1) is 7.09. The second kappa shape index (κ2) is 6.48. The SMILES string of the molecule is C[C@@H](CNCc1sccc1Cl)C[C@H](C)O. The molecule has 0 bridgehead atoms. The third-order valence-corrected chi connectivity index (χ3v) is 3.60. The summed E-state index contributed by atoms with van der Waals surface area (Å²) in [5.74, 6) is 0.490. The van der Waals surface area contributed by atoms with E-state index in [0.29, 0.717) is 5.92 Å². The van der Waals surface area contributed by atoms with Gasteiger partial charge >= 0.3 is 0 Å². The fraction of sp³-hybridized carbons (Fsp3) is 0.636. The van der Waals surface area contributed by atoms with Crippen LogP contribution in [0.25, 0.3) is 0 Å². The fourth-order valence-corrected chi connectivity index (χ4v) is 2.62. The van der Waals surface area contributed by atoms with Crippen LogP contribution in [0.3, 0.4) is 0 Å². The monoisotopic (exact) mass is 247 g/mol. The Morgan fingerprint density at radius 1 is 1.53 bits per heavy atom. The van der Waals surface area contributed by atoms with Gasteiger partial charge in [0.05, 0.1) is 11.1 Å². The number of thiophene rings is 1. The van der Waals surface area contributed by atoms with Crippen LogP contribution in [0.1, 0.15) is 25.1 Å². The van der Waals surface area contributed by atoms with Crippen LogP contribution in [0.15, 0.2) is 11.4 Å². The van der Waals surface area contributed by atoms with Gasteiger partial charge < -0.3 is 10.4 Å². The quantitative estimate of drug-likeness (QED) is 0.810. The van der Waals surface area contributed by atoms with Gasteiger partial charge in [-0.1, -0.05) is 18.5 Å². The summed E-state index contributed by atoms with van der Waals surface area (Å²) in [7, 11) is 0. The lowest BCUT2D eigenvalue weighted by molar-refractivity contribution is 0.163. The van der Waals surface area contributed by atoms with E-state index < -0.39 is 0 Å². The second-order valence-corrected chi connectivity index (χ2v) is 5.42. The lowest BCUT2D eigenvalue weighted by atomic mass is 10.1. The Morgan fingerprint density at radius 3 is 2.80 bits per heavy atom. The van der Waals surface area contributed by atoms with E-state index >= 15 is 0 Å². The topological polar surface area (TPSA) is 32.3 Å². The van der Waals surface area contributed by atoms with Gasteiger partial charge in [0.2, 0.25) is 0 Å². The molecule has 86 valence electrons. The molecule has 0 aliphatic rings. The van der Waals surface area contributed by atoms with Gasteiger partial charge in [0.1, 0.15) is 0 Å². The van der Waals surface area contributed by atoms with E-state index in [1.807, 2.05) is 18.4 Å². The first-order valence-corrected chi connectivity index (χ1v) is 6.46. The Kier molecular flexibility index (Phi) is 5.61. The maximum absolute atomic E-state index is 9.20. The number of aliphatic hydroxyl groups is 1. The van der Waals surface area contributed by atoms with Gasteiger partial charge in [-0.15, -0.1) is 11.3 Å². The predicted octanol–water partition coefficient (Wildman–Crippen LogP) is 2.90. The van der Waals surface area contributed by atoms with E-state index in [9.17, 15) is 5.11 Å². The lowest BCUT2D eigenvalue weighted by Crippen LogP contribution is -2.22. The molecule has 0 aliphatic heterocycles. The van der Waals surface area contributed by atoms with Crippen molar-refractivity contribution in [3.8, 4) is 0 Å².